The van der Waals surface area contributed by atoms with Gasteiger partial charge in [0.2, 0.25) is 17.7 Å². The van der Waals surface area contributed by atoms with Crippen LogP contribution in [0.15, 0.2) is 0 Å². The molecule has 0 aromatic rings. The van der Waals surface area contributed by atoms with E-state index in [2.05, 4.69) is 10.6 Å². The van der Waals surface area contributed by atoms with Gasteiger partial charge in [-0.25, -0.2) is 0 Å². The standard InChI is InChI=1S/C12H19N3O3/c1-8(16)13-6-12(18)15-5-4-10-9(7-15)2-3-11(17)14-10/h9-10H,2-7H2,1H3,(H,13,16)(H,14,17). The molecule has 2 aliphatic heterocycles. The van der Waals surface area contributed by atoms with Crippen LogP contribution in [0.4, 0.5) is 0 Å². The number of hydrogen-bond donors (Lipinski definition) is 2. The molecule has 100 valence electrons. The molecule has 2 unspecified atom stereocenters. The zero-order valence-corrected chi connectivity index (χ0v) is 10.6. The van der Waals surface area contributed by atoms with Gasteiger partial charge in [-0.2, -0.15) is 0 Å². The molecule has 0 aliphatic carbocycles. The Kier molecular flexibility index (Phi) is 3.84. The molecule has 6 heteroatoms. The second-order valence-electron chi connectivity index (χ2n) is 5.01. The van der Waals surface area contributed by atoms with Gasteiger partial charge in [-0.1, -0.05) is 0 Å². The molecular weight excluding hydrogens is 234 g/mol. The summed E-state index contributed by atoms with van der Waals surface area (Å²) >= 11 is 0. The minimum atomic E-state index is -0.192. The van der Waals surface area contributed by atoms with Crippen LogP contribution in [0, 0.1) is 5.92 Å². The SMILES string of the molecule is CC(=O)NCC(=O)N1CCC2NC(=O)CCC2C1. The van der Waals surface area contributed by atoms with Crippen LogP contribution in [-0.4, -0.2) is 48.3 Å². The van der Waals surface area contributed by atoms with Gasteiger partial charge in [0.15, 0.2) is 0 Å². The maximum Gasteiger partial charge on any atom is 0.241 e. The van der Waals surface area contributed by atoms with E-state index in [4.69, 9.17) is 0 Å². The van der Waals surface area contributed by atoms with E-state index in [1.165, 1.54) is 6.92 Å². The molecule has 0 radical (unpaired) electrons. The van der Waals surface area contributed by atoms with E-state index < -0.39 is 0 Å². The first kappa shape index (κ1) is 12.9. The third kappa shape index (κ3) is 3.00. The predicted octanol–water partition coefficient (Wildman–Crippen LogP) is -0.750. The Labute approximate surface area is 106 Å². The molecule has 6 nitrogen and oxygen atoms in total. The molecule has 2 N–H and O–H groups in total. The van der Waals surface area contributed by atoms with Crippen molar-refractivity contribution in [2.75, 3.05) is 19.6 Å². The Morgan fingerprint density at radius 3 is 2.94 bits per heavy atom. The van der Waals surface area contributed by atoms with Crippen LogP contribution < -0.4 is 10.6 Å². The number of fused-ring (bicyclic) bond motifs is 1. The quantitative estimate of drug-likeness (QED) is 0.679. The summed E-state index contributed by atoms with van der Waals surface area (Å²) in [4.78, 5) is 35.7. The molecule has 0 spiro atoms. The van der Waals surface area contributed by atoms with Crippen LogP contribution in [0.1, 0.15) is 26.2 Å². The molecule has 2 atom stereocenters. The van der Waals surface area contributed by atoms with Gasteiger partial charge in [0.25, 0.3) is 0 Å². The molecule has 0 aromatic carbocycles. The minimum absolute atomic E-state index is 0.0412. The number of carbonyl (C=O) groups excluding carboxylic acids is 3. The molecule has 2 rings (SSSR count). The summed E-state index contributed by atoms with van der Waals surface area (Å²) in [7, 11) is 0. The summed E-state index contributed by atoms with van der Waals surface area (Å²) in [5.41, 5.74) is 0. The van der Waals surface area contributed by atoms with E-state index in [9.17, 15) is 14.4 Å². The lowest BCUT2D eigenvalue weighted by molar-refractivity contribution is -0.135. The van der Waals surface area contributed by atoms with Crippen LogP contribution >= 0.6 is 0 Å². The van der Waals surface area contributed by atoms with Crippen molar-refractivity contribution < 1.29 is 14.4 Å². The fourth-order valence-corrected chi connectivity index (χ4v) is 2.65. The number of piperidine rings is 2. The second-order valence-corrected chi connectivity index (χ2v) is 5.01. The summed E-state index contributed by atoms with van der Waals surface area (Å²) in [6.07, 6.45) is 2.21. The Morgan fingerprint density at radius 2 is 2.22 bits per heavy atom. The average Bonchev–Trinajstić information content (AvgIpc) is 2.35. The third-order valence-electron chi connectivity index (χ3n) is 3.66. The molecule has 0 bridgehead atoms. The molecule has 3 amide bonds. The first-order valence-corrected chi connectivity index (χ1v) is 6.38. The Morgan fingerprint density at radius 1 is 1.44 bits per heavy atom. The second kappa shape index (κ2) is 5.37. The highest BCUT2D eigenvalue weighted by molar-refractivity contribution is 5.84. The number of likely N-dealkylation sites (tertiary alicyclic amines) is 1. The molecule has 0 saturated carbocycles. The van der Waals surface area contributed by atoms with Gasteiger partial charge in [-0.3, -0.25) is 14.4 Å². The minimum Gasteiger partial charge on any atom is -0.353 e. The van der Waals surface area contributed by atoms with Crippen molar-refractivity contribution in [2.24, 2.45) is 5.92 Å². The predicted molar refractivity (Wildman–Crippen MR) is 64.5 cm³/mol. The molecule has 2 aliphatic rings. The molecule has 2 fully saturated rings. The zero-order chi connectivity index (χ0) is 13.1. The number of nitrogens with zero attached hydrogens (tertiary/aromatic N) is 1. The summed E-state index contributed by atoms with van der Waals surface area (Å²) in [5.74, 6) is 0.246. The van der Waals surface area contributed by atoms with Gasteiger partial charge in [0.05, 0.1) is 6.54 Å². The number of nitrogens with one attached hydrogen (secondary N) is 2. The maximum atomic E-state index is 11.9. The normalized spacial score (nSPS) is 27.2. The van der Waals surface area contributed by atoms with Crippen molar-refractivity contribution in [1.29, 1.82) is 0 Å². The van der Waals surface area contributed by atoms with Crippen molar-refractivity contribution in [3.63, 3.8) is 0 Å². The number of rotatable bonds is 2. The van der Waals surface area contributed by atoms with Crippen molar-refractivity contribution in [2.45, 2.75) is 32.2 Å². The molecule has 2 saturated heterocycles. The highest BCUT2D eigenvalue weighted by Gasteiger charge is 2.35. The van der Waals surface area contributed by atoms with Crippen molar-refractivity contribution in [3.05, 3.63) is 0 Å². The zero-order valence-electron chi connectivity index (χ0n) is 10.6. The van der Waals surface area contributed by atoms with Gasteiger partial charge < -0.3 is 15.5 Å². The van der Waals surface area contributed by atoms with E-state index in [1.807, 2.05) is 0 Å². The van der Waals surface area contributed by atoms with Crippen LogP contribution in [0.3, 0.4) is 0 Å². The smallest absolute Gasteiger partial charge is 0.241 e. The van der Waals surface area contributed by atoms with Gasteiger partial charge in [0, 0.05) is 32.5 Å². The number of carbonyl (C=O) groups is 3. The van der Waals surface area contributed by atoms with E-state index in [1.54, 1.807) is 4.90 Å². The fourth-order valence-electron chi connectivity index (χ4n) is 2.65. The summed E-state index contributed by atoms with van der Waals surface area (Å²) in [5, 5.41) is 5.50. The highest BCUT2D eigenvalue weighted by atomic mass is 16.2. The molecule has 18 heavy (non-hydrogen) atoms. The van der Waals surface area contributed by atoms with E-state index in [0.29, 0.717) is 25.4 Å². The van der Waals surface area contributed by atoms with Crippen molar-refractivity contribution in [3.8, 4) is 0 Å². The van der Waals surface area contributed by atoms with Gasteiger partial charge in [0.1, 0.15) is 0 Å². The Hall–Kier alpha value is -1.59. The lowest BCUT2D eigenvalue weighted by Gasteiger charge is -2.41. The Balaban J connectivity index is 1.85. The van der Waals surface area contributed by atoms with Crippen molar-refractivity contribution in [1.82, 2.24) is 15.5 Å². The lowest BCUT2D eigenvalue weighted by atomic mass is 9.85. The topological polar surface area (TPSA) is 78.5 Å². The van der Waals surface area contributed by atoms with Crippen molar-refractivity contribution >= 4 is 17.7 Å². The molecular formula is C12H19N3O3. The third-order valence-corrected chi connectivity index (χ3v) is 3.66. The monoisotopic (exact) mass is 253 g/mol. The largest absolute Gasteiger partial charge is 0.353 e. The number of hydrogen-bond acceptors (Lipinski definition) is 3. The number of amides is 3. The van der Waals surface area contributed by atoms with E-state index >= 15 is 0 Å². The van der Waals surface area contributed by atoms with E-state index in [0.717, 1.165) is 12.8 Å². The van der Waals surface area contributed by atoms with Crippen LogP contribution in [0.25, 0.3) is 0 Å². The van der Waals surface area contributed by atoms with Gasteiger partial charge in [-0.15, -0.1) is 0 Å². The van der Waals surface area contributed by atoms with E-state index in [-0.39, 0.29) is 30.3 Å². The van der Waals surface area contributed by atoms with Crippen LogP contribution in [-0.2, 0) is 14.4 Å². The first-order valence-electron chi connectivity index (χ1n) is 6.38. The molecule has 0 aromatic heterocycles. The summed E-state index contributed by atoms with van der Waals surface area (Å²) in [6.45, 7) is 2.80. The summed E-state index contributed by atoms with van der Waals surface area (Å²) < 4.78 is 0. The summed E-state index contributed by atoms with van der Waals surface area (Å²) in [6, 6.07) is 0.219. The van der Waals surface area contributed by atoms with Crippen LogP contribution in [0.5, 0.6) is 0 Å². The lowest BCUT2D eigenvalue weighted by Crippen LogP contribution is -2.56. The van der Waals surface area contributed by atoms with Gasteiger partial charge >= 0.3 is 0 Å². The fraction of sp³-hybridized carbons (Fsp3) is 0.750. The highest BCUT2D eigenvalue weighted by Crippen LogP contribution is 2.25. The first-order chi connectivity index (χ1) is 8.56. The Bertz CT molecular complexity index is 370. The average molecular weight is 253 g/mol. The van der Waals surface area contributed by atoms with Crippen LogP contribution in [0.2, 0.25) is 0 Å². The molecule has 2 heterocycles. The maximum absolute atomic E-state index is 11.9. The van der Waals surface area contributed by atoms with Gasteiger partial charge in [-0.05, 0) is 18.8 Å².